The Bertz CT molecular complexity index is 516. The van der Waals surface area contributed by atoms with Gasteiger partial charge in [0.15, 0.2) is 5.16 Å². The van der Waals surface area contributed by atoms with Crippen LogP contribution in [-0.4, -0.2) is 22.8 Å². The Kier molecular flexibility index (Phi) is 5.03. The van der Waals surface area contributed by atoms with Crippen LogP contribution < -0.4 is 11.1 Å². The first-order valence-corrected chi connectivity index (χ1v) is 7.47. The van der Waals surface area contributed by atoms with Crippen molar-refractivity contribution in [2.45, 2.75) is 18.0 Å². The number of rotatable bonds is 6. The van der Waals surface area contributed by atoms with Crippen LogP contribution in [0.1, 0.15) is 12.0 Å². The summed E-state index contributed by atoms with van der Waals surface area (Å²) in [5.41, 5.74) is 7.08. The first-order chi connectivity index (χ1) is 9.28. The van der Waals surface area contributed by atoms with Crippen LogP contribution in [0.4, 0.5) is 11.6 Å². The number of hydrogen-bond acceptors (Lipinski definition) is 5. The SMILES string of the molecule is CSc1nc(N)cc(NCCCc2ccccc2)n1. The average molecular weight is 274 g/mol. The van der Waals surface area contributed by atoms with Gasteiger partial charge in [-0.05, 0) is 24.7 Å². The van der Waals surface area contributed by atoms with Crippen LogP contribution >= 0.6 is 11.8 Å². The maximum Gasteiger partial charge on any atom is 0.191 e. The number of anilines is 2. The zero-order valence-corrected chi connectivity index (χ0v) is 11.8. The fourth-order valence-electron chi connectivity index (χ4n) is 1.78. The Morgan fingerprint density at radius 1 is 1.21 bits per heavy atom. The van der Waals surface area contributed by atoms with E-state index in [0.717, 1.165) is 25.2 Å². The molecule has 0 radical (unpaired) electrons. The second-order valence-electron chi connectivity index (χ2n) is 4.18. The lowest BCUT2D eigenvalue weighted by molar-refractivity contribution is 0.852. The van der Waals surface area contributed by atoms with E-state index in [-0.39, 0.29) is 0 Å². The highest BCUT2D eigenvalue weighted by atomic mass is 32.2. The van der Waals surface area contributed by atoms with Gasteiger partial charge in [-0.25, -0.2) is 9.97 Å². The predicted octanol–water partition coefficient (Wildman–Crippen LogP) is 2.83. The quantitative estimate of drug-likeness (QED) is 0.482. The number of aryl methyl sites for hydroxylation is 1. The molecule has 19 heavy (non-hydrogen) atoms. The number of thioether (sulfide) groups is 1. The predicted molar refractivity (Wildman–Crippen MR) is 81.5 cm³/mol. The summed E-state index contributed by atoms with van der Waals surface area (Å²) >= 11 is 1.49. The van der Waals surface area contributed by atoms with Gasteiger partial charge >= 0.3 is 0 Å². The van der Waals surface area contributed by atoms with Gasteiger partial charge in [-0.3, -0.25) is 0 Å². The summed E-state index contributed by atoms with van der Waals surface area (Å²) in [7, 11) is 0. The van der Waals surface area contributed by atoms with Crippen LogP contribution in [0.5, 0.6) is 0 Å². The molecule has 0 bridgehead atoms. The third-order valence-corrected chi connectivity index (χ3v) is 3.25. The number of nitrogens with two attached hydrogens (primary N) is 1. The normalized spacial score (nSPS) is 10.4. The number of nitrogens with zero attached hydrogens (tertiary/aromatic N) is 2. The third kappa shape index (κ3) is 4.44. The molecule has 1 aromatic carbocycles. The van der Waals surface area contributed by atoms with E-state index >= 15 is 0 Å². The minimum atomic E-state index is 0.505. The van der Waals surface area contributed by atoms with Gasteiger partial charge in [0.05, 0.1) is 0 Å². The highest BCUT2D eigenvalue weighted by molar-refractivity contribution is 7.98. The highest BCUT2D eigenvalue weighted by Crippen LogP contribution is 2.15. The number of hydrogen-bond donors (Lipinski definition) is 2. The molecule has 0 unspecified atom stereocenters. The van der Waals surface area contributed by atoms with E-state index in [1.807, 2.05) is 12.3 Å². The largest absolute Gasteiger partial charge is 0.383 e. The molecule has 2 aromatic rings. The molecule has 1 heterocycles. The van der Waals surface area contributed by atoms with Crippen LogP contribution in [0, 0.1) is 0 Å². The molecule has 0 aliphatic rings. The van der Waals surface area contributed by atoms with Crippen LogP contribution in [-0.2, 0) is 6.42 Å². The van der Waals surface area contributed by atoms with Gasteiger partial charge in [-0.1, -0.05) is 42.1 Å². The molecule has 0 saturated carbocycles. The zero-order chi connectivity index (χ0) is 13.5. The maximum atomic E-state index is 5.73. The molecule has 0 aliphatic heterocycles. The van der Waals surface area contributed by atoms with Crippen LogP contribution in [0.25, 0.3) is 0 Å². The molecule has 0 saturated heterocycles. The summed E-state index contributed by atoms with van der Waals surface area (Å²) in [6.45, 7) is 0.874. The highest BCUT2D eigenvalue weighted by Gasteiger charge is 2.01. The second-order valence-corrected chi connectivity index (χ2v) is 4.95. The van der Waals surface area contributed by atoms with E-state index < -0.39 is 0 Å². The molecular weight excluding hydrogens is 256 g/mol. The number of nitrogen functional groups attached to an aromatic ring is 1. The minimum absolute atomic E-state index is 0.505. The molecule has 2 rings (SSSR count). The molecule has 0 spiro atoms. The molecule has 0 aliphatic carbocycles. The molecule has 1 aromatic heterocycles. The third-order valence-electron chi connectivity index (χ3n) is 2.70. The van der Waals surface area contributed by atoms with Crippen molar-refractivity contribution in [3.63, 3.8) is 0 Å². The van der Waals surface area contributed by atoms with Gasteiger partial charge < -0.3 is 11.1 Å². The Balaban J connectivity index is 1.81. The summed E-state index contributed by atoms with van der Waals surface area (Å²) in [5.74, 6) is 1.30. The molecule has 100 valence electrons. The van der Waals surface area contributed by atoms with Crippen molar-refractivity contribution < 1.29 is 0 Å². The lowest BCUT2D eigenvalue weighted by Crippen LogP contribution is -2.06. The van der Waals surface area contributed by atoms with Gasteiger partial charge in [-0.15, -0.1) is 0 Å². The van der Waals surface area contributed by atoms with Crippen molar-refractivity contribution in [1.82, 2.24) is 9.97 Å². The van der Waals surface area contributed by atoms with E-state index in [2.05, 4.69) is 39.6 Å². The van der Waals surface area contributed by atoms with Crippen molar-refractivity contribution >= 4 is 23.4 Å². The van der Waals surface area contributed by atoms with E-state index in [1.165, 1.54) is 17.3 Å². The van der Waals surface area contributed by atoms with Gasteiger partial charge in [0.25, 0.3) is 0 Å². The van der Waals surface area contributed by atoms with Crippen molar-refractivity contribution in [3.8, 4) is 0 Å². The summed E-state index contributed by atoms with van der Waals surface area (Å²) in [4.78, 5) is 8.48. The summed E-state index contributed by atoms with van der Waals surface area (Å²) < 4.78 is 0. The number of benzene rings is 1. The van der Waals surface area contributed by atoms with E-state index in [0.29, 0.717) is 11.0 Å². The second kappa shape index (κ2) is 6.99. The van der Waals surface area contributed by atoms with Gasteiger partial charge in [0.2, 0.25) is 0 Å². The molecule has 0 fully saturated rings. The van der Waals surface area contributed by atoms with E-state index in [9.17, 15) is 0 Å². The van der Waals surface area contributed by atoms with Gasteiger partial charge in [0, 0.05) is 12.6 Å². The zero-order valence-electron chi connectivity index (χ0n) is 11.0. The lowest BCUT2D eigenvalue weighted by atomic mass is 10.1. The van der Waals surface area contributed by atoms with Crippen LogP contribution in [0.3, 0.4) is 0 Å². The van der Waals surface area contributed by atoms with Crippen molar-refractivity contribution in [2.75, 3.05) is 23.9 Å². The Morgan fingerprint density at radius 3 is 2.74 bits per heavy atom. The maximum absolute atomic E-state index is 5.73. The summed E-state index contributed by atoms with van der Waals surface area (Å²) in [6.07, 6.45) is 4.06. The first kappa shape index (κ1) is 13.7. The standard InChI is InChI=1S/C14H18N4S/c1-19-14-17-12(15)10-13(18-14)16-9-5-8-11-6-3-2-4-7-11/h2-4,6-7,10H,5,8-9H2,1H3,(H3,15,16,17,18). The smallest absolute Gasteiger partial charge is 0.191 e. The number of nitrogens with one attached hydrogen (secondary N) is 1. The summed E-state index contributed by atoms with van der Waals surface area (Å²) in [5, 5.41) is 3.99. The number of aromatic nitrogens is 2. The average Bonchev–Trinajstić information content (AvgIpc) is 2.44. The topological polar surface area (TPSA) is 63.8 Å². The van der Waals surface area contributed by atoms with Gasteiger partial charge in [0.1, 0.15) is 11.6 Å². The van der Waals surface area contributed by atoms with Crippen molar-refractivity contribution in [2.24, 2.45) is 0 Å². The fraction of sp³-hybridized carbons (Fsp3) is 0.286. The fourth-order valence-corrected chi connectivity index (χ4v) is 2.16. The monoisotopic (exact) mass is 274 g/mol. The summed E-state index contributed by atoms with van der Waals surface area (Å²) in [6, 6.07) is 12.2. The van der Waals surface area contributed by atoms with E-state index in [4.69, 9.17) is 5.73 Å². The van der Waals surface area contributed by atoms with E-state index in [1.54, 1.807) is 6.07 Å². The Hall–Kier alpha value is -1.75. The van der Waals surface area contributed by atoms with Crippen molar-refractivity contribution in [1.29, 1.82) is 0 Å². The van der Waals surface area contributed by atoms with Gasteiger partial charge in [-0.2, -0.15) is 0 Å². The Morgan fingerprint density at radius 2 is 2.00 bits per heavy atom. The lowest BCUT2D eigenvalue weighted by Gasteiger charge is -2.07. The van der Waals surface area contributed by atoms with Crippen LogP contribution in [0.15, 0.2) is 41.6 Å². The molecule has 5 heteroatoms. The molecule has 4 nitrogen and oxygen atoms in total. The van der Waals surface area contributed by atoms with Crippen LogP contribution in [0.2, 0.25) is 0 Å². The molecule has 3 N–H and O–H groups in total. The molecule has 0 amide bonds. The molecular formula is C14H18N4S. The minimum Gasteiger partial charge on any atom is -0.383 e. The first-order valence-electron chi connectivity index (χ1n) is 6.24. The Labute approximate surface area is 117 Å². The molecule has 0 atom stereocenters. The van der Waals surface area contributed by atoms with Crippen molar-refractivity contribution in [3.05, 3.63) is 42.0 Å².